The molecule has 0 bridgehead atoms. The van der Waals surface area contributed by atoms with Gasteiger partial charge in [-0.15, -0.1) is 0 Å². The summed E-state index contributed by atoms with van der Waals surface area (Å²) in [6, 6.07) is 0. The molecule has 0 aromatic rings. The van der Waals surface area contributed by atoms with Gasteiger partial charge in [0, 0.05) is 38.1 Å². The van der Waals surface area contributed by atoms with Gasteiger partial charge in [-0.3, -0.25) is 9.69 Å². The molecule has 0 aromatic heterocycles. The van der Waals surface area contributed by atoms with Crippen LogP contribution >= 0.6 is 0 Å². The summed E-state index contributed by atoms with van der Waals surface area (Å²) in [5.41, 5.74) is 0.937. The minimum atomic E-state index is -0.253. The van der Waals surface area contributed by atoms with Crippen molar-refractivity contribution < 1.29 is 4.79 Å². The lowest BCUT2D eigenvalue weighted by atomic mass is 9.94. The molecule has 0 aliphatic carbocycles. The van der Waals surface area contributed by atoms with Crippen molar-refractivity contribution >= 4 is 5.91 Å². The Hall–Kier alpha value is -0.830. The first-order valence-corrected chi connectivity index (χ1v) is 5.97. The highest BCUT2D eigenvalue weighted by Gasteiger charge is 2.29. The molecular weight excluding hydrogens is 200 g/mol. The maximum absolute atomic E-state index is 12.0. The normalized spacial score (nSPS) is 18.6. The molecule has 1 aliphatic heterocycles. The lowest BCUT2D eigenvalue weighted by Gasteiger charge is -2.37. The number of amides is 1. The maximum Gasteiger partial charge on any atom is 0.228 e. The van der Waals surface area contributed by atoms with Gasteiger partial charge in [0.2, 0.25) is 5.91 Å². The van der Waals surface area contributed by atoms with Crippen LogP contribution in [0.15, 0.2) is 12.2 Å². The summed E-state index contributed by atoms with van der Waals surface area (Å²) in [6.07, 6.45) is 0. The van der Waals surface area contributed by atoms with E-state index in [1.165, 1.54) is 5.57 Å². The number of rotatable bonds is 2. The predicted molar refractivity (Wildman–Crippen MR) is 67.3 cm³/mol. The molecule has 1 aliphatic rings. The van der Waals surface area contributed by atoms with Crippen molar-refractivity contribution in [2.24, 2.45) is 5.41 Å². The standard InChI is InChI=1S/C13H24N2O/c1-11(2)10-14-6-8-15(9-7-14)12(16)13(3,4)5/h1,6-10H2,2-5H3. The Morgan fingerprint density at radius 2 is 1.69 bits per heavy atom. The van der Waals surface area contributed by atoms with Crippen LogP contribution in [-0.4, -0.2) is 48.4 Å². The van der Waals surface area contributed by atoms with Crippen LogP contribution in [0.4, 0.5) is 0 Å². The molecule has 92 valence electrons. The van der Waals surface area contributed by atoms with Gasteiger partial charge in [0.1, 0.15) is 0 Å². The molecule has 1 fully saturated rings. The Balaban J connectivity index is 2.43. The Bertz CT molecular complexity index is 270. The third-order valence-corrected chi connectivity index (χ3v) is 2.79. The monoisotopic (exact) mass is 224 g/mol. The van der Waals surface area contributed by atoms with Gasteiger partial charge in [0.05, 0.1) is 0 Å². The van der Waals surface area contributed by atoms with Crippen molar-refractivity contribution in [2.45, 2.75) is 27.7 Å². The zero-order valence-electron chi connectivity index (χ0n) is 11.0. The molecule has 1 heterocycles. The summed E-state index contributed by atoms with van der Waals surface area (Å²) >= 11 is 0. The second-order valence-corrected chi connectivity index (χ2v) is 5.78. The van der Waals surface area contributed by atoms with Crippen molar-refractivity contribution in [3.05, 3.63) is 12.2 Å². The lowest BCUT2D eigenvalue weighted by Crippen LogP contribution is -2.51. The van der Waals surface area contributed by atoms with Crippen molar-refractivity contribution in [3.8, 4) is 0 Å². The van der Waals surface area contributed by atoms with Crippen LogP contribution in [0.2, 0.25) is 0 Å². The molecular formula is C13H24N2O. The lowest BCUT2D eigenvalue weighted by molar-refractivity contribution is -0.141. The maximum atomic E-state index is 12.0. The first kappa shape index (κ1) is 13.2. The first-order valence-electron chi connectivity index (χ1n) is 5.97. The molecule has 0 radical (unpaired) electrons. The quantitative estimate of drug-likeness (QED) is 0.667. The Morgan fingerprint density at radius 1 is 1.19 bits per heavy atom. The molecule has 0 unspecified atom stereocenters. The van der Waals surface area contributed by atoms with Crippen LogP contribution < -0.4 is 0 Å². The summed E-state index contributed by atoms with van der Waals surface area (Å²) < 4.78 is 0. The molecule has 3 heteroatoms. The Labute approximate surface area is 99.1 Å². The zero-order chi connectivity index (χ0) is 12.3. The van der Waals surface area contributed by atoms with Crippen LogP contribution in [0.25, 0.3) is 0 Å². The third-order valence-electron chi connectivity index (χ3n) is 2.79. The van der Waals surface area contributed by atoms with Gasteiger partial charge in [-0.1, -0.05) is 32.9 Å². The van der Waals surface area contributed by atoms with Crippen LogP contribution in [0.5, 0.6) is 0 Å². The van der Waals surface area contributed by atoms with Gasteiger partial charge in [-0.2, -0.15) is 0 Å². The van der Waals surface area contributed by atoms with Crippen LogP contribution in [0, 0.1) is 5.41 Å². The molecule has 3 nitrogen and oxygen atoms in total. The highest BCUT2D eigenvalue weighted by atomic mass is 16.2. The second kappa shape index (κ2) is 5.00. The molecule has 0 aromatic carbocycles. The Morgan fingerprint density at radius 3 is 2.06 bits per heavy atom. The number of hydrogen-bond donors (Lipinski definition) is 0. The van der Waals surface area contributed by atoms with Crippen LogP contribution in [-0.2, 0) is 4.79 Å². The predicted octanol–water partition coefficient (Wildman–Crippen LogP) is 1.75. The van der Waals surface area contributed by atoms with E-state index in [4.69, 9.17) is 0 Å². The topological polar surface area (TPSA) is 23.6 Å². The number of piperazine rings is 1. The van der Waals surface area contributed by atoms with E-state index in [9.17, 15) is 4.79 Å². The zero-order valence-corrected chi connectivity index (χ0v) is 11.0. The van der Waals surface area contributed by atoms with Gasteiger partial charge in [-0.05, 0) is 6.92 Å². The molecule has 0 atom stereocenters. The number of nitrogens with zero attached hydrogens (tertiary/aromatic N) is 2. The minimum Gasteiger partial charge on any atom is -0.340 e. The molecule has 1 amide bonds. The summed E-state index contributed by atoms with van der Waals surface area (Å²) in [5, 5.41) is 0. The van der Waals surface area contributed by atoms with E-state index < -0.39 is 0 Å². The van der Waals surface area contributed by atoms with Crippen molar-refractivity contribution in [3.63, 3.8) is 0 Å². The fraction of sp³-hybridized carbons (Fsp3) is 0.769. The van der Waals surface area contributed by atoms with Gasteiger partial charge in [0.25, 0.3) is 0 Å². The minimum absolute atomic E-state index is 0.253. The fourth-order valence-electron chi connectivity index (χ4n) is 1.97. The summed E-state index contributed by atoms with van der Waals surface area (Å²) in [7, 11) is 0. The molecule has 0 saturated carbocycles. The largest absolute Gasteiger partial charge is 0.340 e. The summed E-state index contributed by atoms with van der Waals surface area (Å²) in [5.74, 6) is 0.266. The molecule has 16 heavy (non-hydrogen) atoms. The average Bonchev–Trinajstić information content (AvgIpc) is 2.15. The Kier molecular flexibility index (Phi) is 4.14. The summed E-state index contributed by atoms with van der Waals surface area (Å²) in [6.45, 7) is 16.5. The van der Waals surface area contributed by atoms with E-state index in [-0.39, 0.29) is 11.3 Å². The van der Waals surface area contributed by atoms with Crippen molar-refractivity contribution in [2.75, 3.05) is 32.7 Å². The highest BCUT2D eigenvalue weighted by molar-refractivity contribution is 5.81. The SMILES string of the molecule is C=C(C)CN1CCN(C(=O)C(C)(C)C)CC1. The van der Waals surface area contributed by atoms with E-state index in [0.717, 1.165) is 32.7 Å². The molecule has 0 spiro atoms. The smallest absolute Gasteiger partial charge is 0.228 e. The van der Waals surface area contributed by atoms with Crippen molar-refractivity contribution in [1.29, 1.82) is 0 Å². The van der Waals surface area contributed by atoms with E-state index in [1.54, 1.807) is 0 Å². The van der Waals surface area contributed by atoms with Gasteiger partial charge in [0.15, 0.2) is 0 Å². The molecule has 1 saturated heterocycles. The number of hydrogen-bond acceptors (Lipinski definition) is 2. The van der Waals surface area contributed by atoms with Crippen LogP contribution in [0.3, 0.4) is 0 Å². The highest BCUT2D eigenvalue weighted by Crippen LogP contribution is 2.18. The van der Waals surface area contributed by atoms with E-state index >= 15 is 0 Å². The molecule has 0 N–H and O–H groups in total. The van der Waals surface area contributed by atoms with E-state index in [2.05, 4.69) is 11.5 Å². The van der Waals surface area contributed by atoms with Gasteiger partial charge in [-0.25, -0.2) is 0 Å². The molecule has 1 rings (SSSR count). The number of carbonyl (C=O) groups is 1. The second-order valence-electron chi connectivity index (χ2n) is 5.78. The fourth-order valence-corrected chi connectivity index (χ4v) is 1.97. The van der Waals surface area contributed by atoms with Crippen LogP contribution in [0.1, 0.15) is 27.7 Å². The third kappa shape index (κ3) is 3.63. The average molecular weight is 224 g/mol. The summed E-state index contributed by atoms with van der Waals surface area (Å²) in [4.78, 5) is 16.4. The van der Waals surface area contributed by atoms with Gasteiger partial charge >= 0.3 is 0 Å². The number of carbonyl (C=O) groups excluding carboxylic acids is 1. The van der Waals surface area contributed by atoms with Gasteiger partial charge < -0.3 is 4.90 Å². The van der Waals surface area contributed by atoms with E-state index in [1.807, 2.05) is 32.6 Å². The van der Waals surface area contributed by atoms with E-state index in [0.29, 0.717) is 0 Å². The first-order chi connectivity index (χ1) is 7.30. The van der Waals surface area contributed by atoms with Crippen molar-refractivity contribution in [1.82, 2.24) is 9.80 Å².